The third-order valence-corrected chi connectivity index (χ3v) is 6.86. The smallest absolute Gasteiger partial charge is 0.345 e. The largest absolute Gasteiger partial charge is 0.477 e. The first-order valence-electron chi connectivity index (χ1n) is 9.40. The number of rotatable bonds is 5. The van der Waals surface area contributed by atoms with Crippen molar-refractivity contribution in [1.82, 2.24) is 15.1 Å². The van der Waals surface area contributed by atoms with Gasteiger partial charge in [-0.2, -0.15) is 0 Å². The molecule has 10 heteroatoms. The average Bonchev–Trinajstić information content (AvgIpc) is 3.30. The SMILES string of the molecule is O=C(CC#Cc1ccc2[nH]cc(CP(C(=O)O)N3C(=O)c4ccccc4C3=O)c2c1)NO. The van der Waals surface area contributed by atoms with Crippen LogP contribution in [0.1, 0.15) is 38.3 Å². The van der Waals surface area contributed by atoms with Crippen molar-refractivity contribution in [2.75, 3.05) is 0 Å². The lowest BCUT2D eigenvalue weighted by Gasteiger charge is -2.21. The highest BCUT2D eigenvalue weighted by molar-refractivity contribution is 7.72. The molecule has 160 valence electrons. The van der Waals surface area contributed by atoms with Gasteiger partial charge in [0.15, 0.2) is 0 Å². The molecule has 0 aliphatic carbocycles. The summed E-state index contributed by atoms with van der Waals surface area (Å²) in [6.07, 6.45) is 1.44. The molecule has 4 rings (SSSR count). The van der Waals surface area contributed by atoms with E-state index in [1.165, 1.54) is 17.6 Å². The van der Waals surface area contributed by atoms with Crippen LogP contribution in [0.2, 0.25) is 0 Å². The zero-order valence-electron chi connectivity index (χ0n) is 16.5. The van der Waals surface area contributed by atoms with Gasteiger partial charge in [-0.15, -0.1) is 0 Å². The Kier molecular flexibility index (Phi) is 5.73. The number of carbonyl (C=O) groups is 4. The van der Waals surface area contributed by atoms with Crippen molar-refractivity contribution in [2.45, 2.75) is 12.6 Å². The monoisotopic (exact) mass is 449 g/mol. The second kappa shape index (κ2) is 8.63. The van der Waals surface area contributed by atoms with Crippen molar-refractivity contribution >= 4 is 42.4 Å². The normalized spacial score (nSPS) is 13.5. The highest BCUT2D eigenvalue weighted by Gasteiger charge is 2.43. The first-order valence-corrected chi connectivity index (χ1v) is 10.9. The van der Waals surface area contributed by atoms with Gasteiger partial charge >= 0.3 is 5.71 Å². The van der Waals surface area contributed by atoms with Crippen molar-refractivity contribution < 1.29 is 29.5 Å². The Bertz CT molecular complexity index is 1300. The summed E-state index contributed by atoms with van der Waals surface area (Å²) in [6, 6.07) is 11.5. The van der Waals surface area contributed by atoms with E-state index >= 15 is 0 Å². The van der Waals surface area contributed by atoms with Crippen LogP contribution in [-0.4, -0.2) is 43.4 Å². The summed E-state index contributed by atoms with van der Waals surface area (Å²) in [7, 11) is -2.19. The molecular formula is C22H16N3O6P. The summed E-state index contributed by atoms with van der Waals surface area (Å²) in [5, 5.41) is 19.1. The third-order valence-electron chi connectivity index (χ3n) is 4.93. The number of amides is 3. The lowest BCUT2D eigenvalue weighted by Crippen LogP contribution is -2.27. The van der Waals surface area contributed by atoms with Crippen LogP contribution in [0.4, 0.5) is 4.79 Å². The molecule has 9 nitrogen and oxygen atoms in total. The van der Waals surface area contributed by atoms with E-state index in [-0.39, 0.29) is 23.7 Å². The van der Waals surface area contributed by atoms with Crippen molar-refractivity contribution in [2.24, 2.45) is 0 Å². The van der Waals surface area contributed by atoms with E-state index in [0.717, 1.165) is 10.2 Å². The van der Waals surface area contributed by atoms with Gasteiger partial charge in [-0.1, -0.05) is 24.0 Å². The number of hydrogen-bond acceptors (Lipinski definition) is 5. The molecule has 3 amide bonds. The topological polar surface area (TPSA) is 140 Å². The molecule has 0 saturated carbocycles. The summed E-state index contributed by atoms with van der Waals surface area (Å²) in [4.78, 5) is 51.8. The minimum Gasteiger partial charge on any atom is -0.477 e. The number of imide groups is 1. The van der Waals surface area contributed by atoms with Crippen LogP contribution >= 0.6 is 8.07 Å². The second-order valence-electron chi connectivity index (χ2n) is 6.90. The summed E-state index contributed by atoms with van der Waals surface area (Å²) in [5.74, 6) is 3.61. The quantitative estimate of drug-likeness (QED) is 0.155. The predicted octanol–water partition coefficient (Wildman–Crippen LogP) is 3.29. The van der Waals surface area contributed by atoms with Gasteiger partial charge in [0, 0.05) is 28.8 Å². The molecule has 1 aliphatic rings. The number of fused-ring (bicyclic) bond motifs is 2. The fraction of sp³-hybridized carbons (Fsp3) is 0.0909. The number of carboxylic acid groups (broad SMARTS) is 1. The molecule has 4 N–H and O–H groups in total. The minimum absolute atomic E-state index is 0.0278. The number of carbonyl (C=O) groups excluding carboxylic acids is 3. The van der Waals surface area contributed by atoms with Crippen LogP contribution in [0.5, 0.6) is 0 Å². The van der Waals surface area contributed by atoms with E-state index in [1.54, 1.807) is 36.5 Å². The van der Waals surface area contributed by atoms with Gasteiger partial charge in [0.05, 0.1) is 17.5 Å². The van der Waals surface area contributed by atoms with E-state index in [0.29, 0.717) is 16.5 Å². The van der Waals surface area contributed by atoms with E-state index in [9.17, 15) is 24.3 Å². The van der Waals surface area contributed by atoms with E-state index in [2.05, 4.69) is 16.8 Å². The van der Waals surface area contributed by atoms with Crippen LogP contribution in [0.15, 0.2) is 48.7 Å². The third kappa shape index (κ3) is 3.85. The Morgan fingerprint density at radius 3 is 2.41 bits per heavy atom. The van der Waals surface area contributed by atoms with E-state index < -0.39 is 31.5 Å². The molecule has 1 aromatic heterocycles. The van der Waals surface area contributed by atoms with Gasteiger partial charge < -0.3 is 10.1 Å². The fourth-order valence-corrected chi connectivity index (χ4v) is 5.12. The van der Waals surface area contributed by atoms with Crippen molar-refractivity contribution in [1.29, 1.82) is 0 Å². The number of aromatic amines is 1. The first kappa shape index (κ1) is 21.2. The van der Waals surface area contributed by atoms with E-state index in [1.807, 2.05) is 0 Å². The average molecular weight is 449 g/mol. The van der Waals surface area contributed by atoms with Gasteiger partial charge in [-0.25, -0.2) is 14.9 Å². The van der Waals surface area contributed by atoms with Crippen molar-refractivity contribution in [3.05, 3.63) is 70.9 Å². The number of aromatic nitrogens is 1. The standard InChI is InChI=1S/C22H16N3O6P/c26-19(24-31)7-3-4-13-8-9-18-17(10-13)14(11-23-18)12-32(22(29)30)25-20(27)15-5-1-2-6-16(15)21(25)28/h1-2,5-6,8-11,23,31H,7,12H2,(H,24,26)(H,29,30). The maximum atomic E-state index is 12.8. The van der Waals surface area contributed by atoms with Crippen molar-refractivity contribution in [3.8, 4) is 11.8 Å². The predicted molar refractivity (Wildman–Crippen MR) is 115 cm³/mol. The molecule has 0 saturated heterocycles. The zero-order valence-corrected chi connectivity index (χ0v) is 17.3. The summed E-state index contributed by atoms with van der Waals surface area (Å²) in [5.41, 5.74) is 2.63. The van der Waals surface area contributed by atoms with Crippen LogP contribution < -0.4 is 5.48 Å². The number of hydroxylamine groups is 1. The molecule has 0 fully saturated rings. The molecule has 0 spiro atoms. The summed E-state index contributed by atoms with van der Waals surface area (Å²) >= 11 is 0. The highest BCUT2D eigenvalue weighted by Crippen LogP contribution is 2.49. The molecule has 1 aliphatic heterocycles. The van der Waals surface area contributed by atoms with Crippen LogP contribution in [0.25, 0.3) is 10.9 Å². The maximum absolute atomic E-state index is 12.8. The van der Waals surface area contributed by atoms with Crippen LogP contribution in [0.3, 0.4) is 0 Å². The van der Waals surface area contributed by atoms with Gasteiger partial charge in [0.25, 0.3) is 17.7 Å². The molecular weight excluding hydrogens is 433 g/mol. The molecule has 32 heavy (non-hydrogen) atoms. The van der Waals surface area contributed by atoms with Gasteiger partial charge in [0.1, 0.15) is 8.07 Å². The molecule has 1 unspecified atom stereocenters. The molecule has 2 heterocycles. The van der Waals surface area contributed by atoms with Gasteiger partial charge in [0.2, 0.25) is 0 Å². The fourth-order valence-electron chi connectivity index (χ4n) is 3.43. The second-order valence-corrected chi connectivity index (χ2v) is 8.79. The minimum atomic E-state index is -2.19. The lowest BCUT2D eigenvalue weighted by molar-refractivity contribution is -0.128. The van der Waals surface area contributed by atoms with E-state index in [4.69, 9.17) is 5.21 Å². The molecule has 0 bridgehead atoms. The van der Waals surface area contributed by atoms with Crippen LogP contribution in [-0.2, 0) is 11.0 Å². The number of nitrogens with zero attached hydrogens (tertiary/aromatic N) is 1. The molecule has 2 aromatic carbocycles. The number of hydrogen-bond donors (Lipinski definition) is 4. The first-order chi connectivity index (χ1) is 15.4. The van der Waals surface area contributed by atoms with Crippen LogP contribution in [0, 0.1) is 11.8 Å². The molecule has 1 atom stereocenters. The Labute approximate surface area is 182 Å². The summed E-state index contributed by atoms with van der Waals surface area (Å²) in [6.45, 7) is 0. The Hall–Kier alpha value is -3.99. The summed E-state index contributed by atoms with van der Waals surface area (Å²) < 4.78 is 0.859. The zero-order chi connectivity index (χ0) is 22.8. The number of H-pyrrole nitrogens is 1. The Morgan fingerprint density at radius 1 is 1.09 bits per heavy atom. The number of benzene rings is 2. The Balaban J connectivity index is 1.64. The van der Waals surface area contributed by atoms with Crippen molar-refractivity contribution in [3.63, 3.8) is 0 Å². The maximum Gasteiger partial charge on any atom is 0.345 e. The Morgan fingerprint density at radius 2 is 1.78 bits per heavy atom. The van der Waals surface area contributed by atoms with Gasteiger partial charge in [-0.05, 0) is 35.9 Å². The number of nitrogens with one attached hydrogen (secondary N) is 2. The molecule has 0 radical (unpaired) electrons. The lowest BCUT2D eigenvalue weighted by atomic mass is 10.1. The molecule has 3 aromatic rings. The highest BCUT2D eigenvalue weighted by atomic mass is 31.1. The van der Waals surface area contributed by atoms with Gasteiger partial charge in [-0.3, -0.25) is 19.6 Å².